The minimum absolute atomic E-state index is 0.0378. The second-order valence-corrected chi connectivity index (χ2v) is 6.35. The SMILES string of the molecule is CCOP(=O)(OCC)C(Cc1cscn1)C(=O)O. The monoisotopic (exact) mass is 293 g/mol. The van der Waals surface area contributed by atoms with Crippen LogP contribution in [0.15, 0.2) is 10.9 Å². The summed E-state index contributed by atoms with van der Waals surface area (Å²) in [5, 5.41) is 10.9. The number of hydrogen-bond donors (Lipinski definition) is 1. The van der Waals surface area contributed by atoms with Crippen molar-refractivity contribution in [3.05, 3.63) is 16.6 Å². The van der Waals surface area contributed by atoms with Crippen LogP contribution >= 0.6 is 18.9 Å². The van der Waals surface area contributed by atoms with E-state index in [1.807, 2.05) is 0 Å². The summed E-state index contributed by atoms with van der Waals surface area (Å²) >= 11 is 1.36. The highest BCUT2D eigenvalue weighted by atomic mass is 32.1. The van der Waals surface area contributed by atoms with Gasteiger partial charge in [0.2, 0.25) is 0 Å². The number of hydrogen-bond acceptors (Lipinski definition) is 6. The Morgan fingerprint density at radius 3 is 2.50 bits per heavy atom. The van der Waals surface area contributed by atoms with Gasteiger partial charge in [0.1, 0.15) is 0 Å². The number of carboxylic acid groups (broad SMARTS) is 1. The summed E-state index contributed by atoms with van der Waals surface area (Å²) in [6, 6.07) is 0. The Kier molecular flexibility index (Phi) is 5.95. The van der Waals surface area contributed by atoms with Crippen LogP contribution in [0.5, 0.6) is 0 Å². The number of nitrogens with zero attached hydrogens (tertiary/aromatic N) is 1. The molecule has 0 spiro atoms. The lowest BCUT2D eigenvalue weighted by molar-refractivity contribution is -0.137. The molecule has 18 heavy (non-hydrogen) atoms. The van der Waals surface area contributed by atoms with Gasteiger partial charge in [-0.15, -0.1) is 11.3 Å². The van der Waals surface area contributed by atoms with E-state index in [2.05, 4.69) is 4.98 Å². The van der Waals surface area contributed by atoms with E-state index in [-0.39, 0.29) is 19.6 Å². The van der Waals surface area contributed by atoms with Crippen LogP contribution in [-0.2, 0) is 24.8 Å². The van der Waals surface area contributed by atoms with Gasteiger partial charge < -0.3 is 14.2 Å². The molecule has 0 radical (unpaired) electrons. The molecule has 0 saturated carbocycles. The average molecular weight is 293 g/mol. The van der Waals surface area contributed by atoms with E-state index >= 15 is 0 Å². The zero-order valence-corrected chi connectivity index (χ0v) is 11.9. The van der Waals surface area contributed by atoms with Crippen molar-refractivity contribution in [2.45, 2.75) is 25.9 Å². The molecule has 0 amide bonds. The third-order valence-electron chi connectivity index (χ3n) is 2.17. The predicted molar refractivity (Wildman–Crippen MR) is 68.1 cm³/mol. The van der Waals surface area contributed by atoms with Crippen LogP contribution in [-0.4, -0.2) is 34.9 Å². The fourth-order valence-electron chi connectivity index (χ4n) is 1.45. The molecule has 0 bridgehead atoms. The number of rotatable bonds is 8. The van der Waals surface area contributed by atoms with Crippen molar-refractivity contribution < 1.29 is 23.5 Å². The van der Waals surface area contributed by atoms with Crippen LogP contribution < -0.4 is 0 Å². The van der Waals surface area contributed by atoms with Crippen molar-refractivity contribution in [1.29, 1.82) is 0 Å². The first kappa shape index (κ1) is 15.3. The maximum Gasteiger partial charge on any atom is 0.345 e. The van der Waals surface area contributed by atoms with Gasteiger partial charge in [-0.2, -0.15) is 0 Å². The molecule has 0 aliphatic rings. The molecule has 0 aliphatic carbocycles. The molecule has 1 rings (SSSR count). The van der Waals surface area contributed by atoms with E-state index in [1.165, 1.54) is 11.3 Å². The maximum atomic E-state index is 12.4. The van der Waals surface area contributed by atoms with E-state index in [0.29, 0.717) is 5.69 Å². The Bertz CT molecular complexity index is 412. The van der Waals surface area contributed by atoms with Crippen LogP contribution in [0.3, 0.4) is 0 Å². The van der Waals surface area contributed by atoms with Gasteiger partial charge in [0.05, 0.1) is 24.4 Å². The first-order valence-corrected chi connectivity index (χ1v) is 8.07. The highest BCUT2D eigenvalue weighted by Gasteiger charge is 2.41. The van der Waals surface area contributed by atoms with E-state index in [9.17, 15) is 14.5 Å². The lowest BCUT2D eigenvalue weighted by atomic mass is 10.2. The first-order chi connectivity index (χ1) is 8.53. The van der Waals surface area contributed by atoms with Crippen molar-refractivity contribution in [2.24, 2.45) is 0 Å². The second kappa shape index (κ2) is 6.99. The van der Waals surface area contributed by atoms with Crippen molar-refractivity contribution in [2.75, 3.05) is 13.2 Å². The number of carbonyl (C=O) groups is 1. The van der Waals surface area contributed by atoms with Crippen molar-refractivity contribution in [3.63, 3.8) is 0 Å². The number of aliphatic carboxylic acids is 1. The van der Waals surface area contributed by atoms with Crippen LogP contribution in [0.1, 0.15) is 19.5 Å². The molecular formula is C10H16NO5PS. The predicted octanol–water partition coefficient (Wildman–Crippen LogP) is 2.40. The number of aromatic nitrogens is 1. The lowest BCUT2D eigenvalue weighted by Crippen LogP contribution is -2.25. The third-order valence-corrected chi connectivity index (χ3v) is 5.21. The average Bonchev–Trinajstić information content (AvgIpc) is 2.78. The quantitative estimate of drug-likeness (QED) is 0.741. The summed E-state index contributed by atoms with van der Waals surface area (Å²) in [4.78, 5) is 15.3. The Balaban J connectivity index is 2.93. The third kappa shape index (κ3) is 3.88. The topological polar surface area (TPSA) is 85.7 Å². The summed E-state index contributed by atoms with van der Waals surface area (Å²) in [7, 11) is -3.66. The van der Waals surface area contributed by atoms with Gasteiger partial charge in [0.15, 0.2) is 5.66 Å². The van der Waals surface area contributed by atoms with E-state index in [4.69, 9.17) is 9.05 Å². The lowest BCUT2D eigenvalue weighted by Gasteiger charge is -2.22. The summed E-state index contributed by atoms with van der Waals surface area (Å²) in [6.07, 6.45) is 0.0378. The van der Waals surface area contributed by atoms with Gasteiger partial charge in [-0.05, 0) is 13.8 Å². The van der Waals surface area contributed by atoms with E-state index in [1.54, 1.807) is 24.7 Å². The standard InChI is InChI=1S/C10H16NO5PS/c1-3-15-17(14,16-4-2)9(10(12)13)5-8-6-18-7-11-8/h6-7,9H,3-5H2,1-2H3,(H,12,13). The molecule has 102 valence electrons. The minimum atomic E-state index is -3.66. The van der Waals surface area contributed by atoms with Crippen LogP contribution in [0, 0.1) is 0 Å². The Labute approximate surface area is 109 Å². The summed E-state index contributed by atoms with van der Waals surface area (Å²) in [5.74, 6) is -1.20. The van der Waals surface area contributed by atoms with Gasteiger partial charge in [-0.1, -0.05) is 0 Å². The van der Waals surface area contributed by atoms with E-state index < -0.39 is 19.2 Å². The smallest absolute Gasteiger partial charge is 0.345 e. The van der Waals surface area contributed by atoms with Crippen LogP contribution in [0.25, 0.3) is 0 Å². The Morgan fingerprint density at radius 2 is 2.11 bits per heavy atom. The molecule has 1 aromatic rings. The minimum Gasteiger partial charge on any atom is -0.481 e. The zero-order valence-electron chi connectivity index (χ0n) is 10.2. The summed E-state index contributed by atoms with van der Waals surface area (Å²) < 4.78 is 22.6. The van der Waals surface area contributed by atoms with Gasteiger partial charge in [0, 0.05) is 11.8 Å². The van der Waals surface area contributed by atoms with Crippen molar-refractivity contribution >= 4 is 24.9 Å². The molecule has 0 fully saturated rings. The molecular weight excluding hydrogens is 277 g/mol. The molecule has 1 unspecified atom stereocenters. The molecule has 0 aliphatic heterocycles. The summed E-state index contributed by atoms with van der Waals surface area (Å²) in [5.41, 5.74) is 0.951. The highest BCUT2D eigenvalue weighted by Crippen LogP contribution is 2.54. The largest absolute Gasteiger partial charge is 0.481 e. The molecule has 0 aromatic carbocycles. The van der Waals surface area contributed by atoms with Crippen LogP contribution in [0.4, 0.5) is 0 Å². The van der Waals surface area contributed by atoms with Crippen molar-refractivity contribution in [1.82, 2.24) is 4.98 Å². The molecule has 1 N–H and O–H groups in total. The van der Waals surface area contributed by atoms with Crippen LogP contribution in [0.2, 0.25) is 0 Å². The maximum absolute atomic E-state index is 12.4. The fraction of sp³-hybridized carbons (Fsp3) is 0.600. The van der Waals surface area contributed by atoms with Crippen molar-refractivity contribution in [3.8, 4) is 0 Å². The van der Waals surface area contributed by atoms with Gasteiger partial charge in [0.25, 0.3) is 0 Å². The molecule has 0 saturated heterocycles. The Hall–Kier alpha value is -0.750. The normalized spacial score (nSPS) is 13.4. The molecule has 1 aromatic heterocycles. The number of thiazole rings is 1. The molecule has 1 heterocycles. The molecule has 6 nitrogen and oxygen atoms in total. The molecule has 8 heteroatoms. The summed E-state index contributed by atoms with van der Waals surface area (Å²) in [6.45, 7) is 3.57. The first-order valence-electron chi connectivity index (χ1n) is 5.52. The Morgan fingerprint density at radius 1 is 1.50 bits per heavy atom. The van der Waals surface area contributed by atoms with Gasteiger partial charge >= 0.3 is 13.6 Å². The highest BCUT2D eigenvalue weighted by molar-refractivity contribution is 7.55. The van der Waals surface area contributed by atoms with Gasteiger partial charge in [-0.25, -0.2) is 4.98 Å². The number of carboxylic acids is 1. The van der Waals surface area contributed by atoms with E-state index in [0.717, 1.165) is 0 Å². The molecule has 1 atom stereocenters. The second-order valence-electron chi connectivity index (χ2n) is 3.41. The zero-order chi connectivity index (χ0) is 13.6. The fourth-order valence-corrected chi connectivity index (χ4v) is 3.85. The van der Waals surface area contributed by atoms with Gasteiger partial charge in [-0.3, -0.25) is 9.36 Å².